The molecule has 174 valence electrons. The molecule has 34 heavy (non-hydrogen) atoms. The van der Waals surface area contributed by atoms with Crippen molar-refractivity contribution in [1.29, 1.82) is 5.26 Å². The molecule has 1 aromatic heterocycles. The Kier molecular flexibility index (Phi) is 9.66. The number of fused-ring (bicyclic) bond motifs is 1. The van der Waals surface area contributed by atoms with E-state index in [0.717, 1.165) is 48.7 Å². The average Bonchev–Trinajstić information content (AvgIpc) is 2.91. The van der Waals surface area contributed by atoms with Crippen LogP contribution < -0.4 is 21.7 Å². The van der Waals surface area contributed by atoms with Gasteiger partial charge in [0.2, 0.25) is 0 Å². The Bertz CT molecular complexity index is 1090. The Morgan fingerprint density at radius 1 is 1.21 bits per heavy atom. The lowest BCUT2D eigenvalue weighted by atomic mass is 10.1. The molecule has 0 radical (unpaired) electrons. The van der Waals surface area contributed by atoms with E-state index >= 15 is 0 Å². The first-order valence-corrected chi connectivity index (χ1v) is 11.3. The van der Waals surface area contributed by atoms with Crippen LogP contribution in [0.4, 0.5) is 11.5 Å². The van der Waals surface area contributed by atoms with Gasteiger partial charge in [-0.1, -0.05) is 48.5 Å². The Balaban J connectivity index is 0.000000469. The highest BCUT2D eigenvalue weighted by atomic mass is 15.1. The van der Waals surface area contributed by atoms with Crippen LogP contribution in [-0.4, -0.2) is 43.9 Å². The van der Waals surface area contributed by atoms with Crippen LogP contribution in [0.5, 0.6) is 0 Å². The zero-order valence-electron chi connectivity index (χ0n) is 19.4. The Morgan fingerprint density at radius 3 is 2.53 bits per heavy atom. The lowest BCUT2D eigenvalue weighted by Crippen LogP contribution is -2.42. The fraction of sp³-hybridized carbons (Fsp3) is 0.222. The molecule has 0 aliphatic carbocycles. The van der Waals surface area contributed by atoms with Gasteiger partial charge in [-0.2, -0.15) is 5.26 Å². The van der Waals surface area contributed by atoms with Gasteiger partial charge in [0.15, 0.2) is 0 Å². The molecule has 5 N–H and O–H groups in total. The molecule has 1 atom stereocenters. The largest absolute Gasteiger partial charge is 0.404 e. The molecule has 1 unspecified atom stereocenters. The number of nitrogens with zero attached hydrogens (tertiary/aromatic N) is 3. The molecular weight excluding hydrogens is 422 g/mol. The zero-order chi connectivity index (χ0) is 24.0. The molecule has 0 saturated carbocycles. The predicted octanol–water partition coefficient (Wildman–Crippen LogP) is 3.68. The molecule has 0 spiro atoms. The minimum Gasteiger partial charge on any atom is -0.404 e. The van der Waals surface area contributed by atoms with Crippen LogP contribution in [0, 0.1) is 11.3 Å². The highest BCUT2D eigenvalue weighted by Crippen LogP contribution is 2.26. The molecule has 3 aromatic rings. The van der Waals surface area contributed by atoms with E-state index in [1.54, 1.807) is 19.5 Å². The van der Waals surface area contributed by atoms with Crippen molar-refractivity contribution in [2.45, 2.75) is 12.5 Å². The lowest BCUT2D eigenvalue weighted by molar-refractivity contribution is 0.610. The molecule has 4 rings (SSSR count). The topological polar surface area (TPSA) is 111 Å². The summed E-state index contributed by atoms with van der Waals surface area (Å²) in [7, 11) is 1.72. The van der Waals surface area contributed by atoms with Gasteiger partial charge in [0.05, 0.1) is 23.4 Å². The normalized spacial score (nSPS) is 14.7. The van der Waals surface area contributed by atoms with Gasteiger partial charge in [-0.3, -0.25) is 4.99 Å². The SMILES string of the molecule is CN=C/C(=C\N)c1cnc2c(c1)NCC(CNCCc1ccc(C#N)cc1)N2.c1ccccc1. The number of nitrogens with two attached hydrogens (primary N) is 1. The molecule has 7 nitrogen and oxygen atoms in total. The second-order valence-electron chi connectivity index (χ2n) is 7.77. The second kappa shape index (κ2) is 13.4. The maximum atomic E-state index is 8.84. The van der Waals surface area contributed by atoms with Gasteiger partial charge in [0.1, 0.15) is 5.82 Å². The van der Waals surface area contributed by atoms with E-state index in [1.807, 2.05) is 66.7 Å². The molecule has 2 heterocycles. The first kappa shape index (κ1) is 24.5. The molecule has 0 bridgehead atoms. The van der Waals surface area contributed by atoms with Crippen LogP contribution in [0.3, 0.4) is 0 Å². The summed E-state index contributed by atoms with van der Waals surface area (Å²) in [6.45, 7) is 2.53. The summed E-state index contributed by atoms with van der Waals surface area (Å²) in [4.78, 5) is 8.55. The fourth-order valence-corrected chi connectivity index (χ4v) is 3.47. The summed E-state index contributed by atoms with van der Waals surface area (Å²) in [6, 6.07) is 24.2. The number of benzene rings is 2. The van der Waals surface area contributed by atoms with E-state index in [2.05, 4.69) is 32.0 Å². The molecule has 1 aliphatic heterocycles. The number of nitriles is 1. The third-order valence-electron chi connectivity index (χ3n) is 5.28. The Labute approximate surface area is 201 Å². The zero-order valence-corrected chi connectivity index (χ0v) is 19.4. The maximum Gasteiger partial charge on any atom is 0.149 e. The van der Waals surface area contributed by atoms with Gasteiger partial charge in [-0.05, 0) is 36.7 Å². The standard InChI is InChI=1S/C21H25N7.C6H6/c1-24-11-18(10-23)17-8-20-21(27-12-17)28-19(14-26-20)13-25-7-6-15-2-4-16(9-22)5-3-15;1-2-4-6-5-3-1/h2-5,8,10-12,19,25-26H,6-7,13-14,23H2,1H3,(H,27,28);1-6H/b18-10+,24-11?;. The number of hydrogen-bond acceptors (Lipinski definition) is 7. The van der Waals surface area contributed by atoms with Crippen LogP contribution in [0.1, 0.15) is 16.7 Å². The van der Waals surface area contributed by atoms with Crippen molar-refractivity contribution in [3.05, 3.63) is 95.8 Å². The van der Waals surface area contributed by atoms with Crippen molar-refractivity contribution in [1.82, 2.24) is 10.3 Å². The van der Waals surface area contributed by atoms with Gasteiger partial charge in [-0.15, -0.1) is 0 Å². The summed E-state index contributed by atoms with van der Waals surface area (Å²) in [5.74, 6) is 0.846. The third-order valence-corrected chi connectivity index (χ3v) is 5.28. The van der Waals surface area contributed by atoms with Crippen LogP contribution in [0.2, 0.25) is 0 Å². The molecule has 0 fully saturated rings. The number of anilines is 2. The van der Waals surface area contributed by atoms with Gasteiger partial charge in [0, 0.05) is 49.9 Å². The monoisotopic (exact) mass is 453 g/mol. The molecule has 0 saturated heterocycles. The van der Waals surface area contributed by atoms with E-state index < -0.39 is 0 Å². The van der Waals surface area contributed by atoms with Crippen LogP contribution in [-0.2, 0) is 6.42 Å². The van der Waals surface area contributed by atoms with E-state index in [-0.39, 0.29) is 6.04 Å². The van der Waals surface area contributed by atoms with Gasteiger partial charge >= 0.3 is 0 Å². The maximum absolute atomic E-state index is 8.84. The minimum atomic E-state index is 0.258. The molecular formula is C27H31N7. The fourth-order valence-electron chi connectivity index (χ4n) is 3.47. The van der Waals surface area contributed by atoms with Gasteiger partial charge in [0.25, 0.3) is 0 Å². The van der Waals surface area contributed by atoms with E-state index in [1.165, 1.54) is 11.8 Å². The molecule has 0 amide bonds. The minimum absolute atomic E-state index is 0.258. The summed E-state index contributed by atoms with van der Waals surface area (Å²) in [5, 5.41) is 19.2. The van der Waals surface area contributed by atoms with Gasteiger partial charge in [-0.25, -0.2) is 4.98 Å². The summed E-state index contributed by atoms with van der Waals surface area (Å²) < 4.78 is 0. The van der Waals surface area contributed by atoms with Crippen molar-refractivity contribution >= 4 is 23.3 Å². The quantitative estimate of drug-likeness (QED) is 0.321. The van der Waals surface area contributed by atoms with E-state index in [0.29, 0.717) is 5.56 Å². The van der Waals surface area contributed by atoms with E-state index in [4.69, 9.17) is 11.0 Å². The van der Waals surface area contributed by atoms with E-state index in [9.17, 15) is 0 Å². The summed E-state index contributed by atoms with van der Waals surface area (Å²) in [5.41, 5.74) is 10.3. The molecule has 2 aromatic carbocycles. The number of allylic oxidation sites excluding steroid dienone is 1. The number of pyridine rings is 1. The summed E-state index contributed by atoms with van der Waals surface area (Å²) >= 11 is 0. The predicted molar refractivity (Wildman–Crippen MR) is 141 cm³/mol. The Morgan fingerprint density at radius 2 is 1.91 bits per heavy atom. The van der Waals surface area contributed by atoms with Crippen LogP contribution in [0.15, 0.2) is 84.1 Å². The summed E-state index contributed by atoms with van der Waals surface area (Å²) in [6.07, 6.45) is 5.99. The van der Waals surface area contributed by atoms with Crippen LogP contribution in [0.25, 0.3) is 5.57 Å². The molecule has 7 heteroatoms. The Hall–Kier alpha value is -4.15. The third kappa shape index (κ3) is 7.47. The number of rotatable bonds is 7. The van der Waals surface area contributed by atoms with Crippen molar-refractivity contribution in [2.24, 2.45) is 10.7 Å². The van der Waals surface area contributed by atoms with Crippen LogP contribution >= 0.6 is 0 Å². The highest BCUT2D eigenvalue weighted by molar-refractivity contribution is 6.09. The smallest absolute Gasteiger partial charge is 0.149 e. The highest BCUT2D eigenvalue weighted by Gasteiger charge is 2.18. The van der Waals surface area contributed by atoms with Crippen molar-refractivity contribution in [2.75, 3.05) is 37.3 Å². The number of aromatic nitrogens is 1. The number of nitrogens with one attached hydrogen (secondary N) is 3. The number of aliphatic imine (C=N–C) groups is 1. The average molecular weight is 454 g/mol. The lowest BCUT2D eigenvalue weighted by Gasteiger charge is -2.28. The second-order valence-corrected chi connectivity index (χ2v) is 7.77. The first-order chi connectivity index (χ1) is 16.7. The first-order valence-electron chi connectivity index (χ1n) is 11.3. The van der Waals surface area contributed by atoms with Crippen molar-refractivity contribution in [3.63, 3.8) is 0 Å². The van der Waals surface area contributed by atoms with Crippen molar-refractivity contribution in [3.8, 4) is 6.07 Å². The number of hydrogen-bond donors (Lipinski definition) is 4. The van der Waals surface area contributed by atoms with Gasteiger partial charge < -0.3 is 21.7 Å². The van der Waals surface area contributed by atoms with Crippen molar-refractivity contribution < 1.29 is 0 Å². The molecule has 1 aliphatic rings.